The van der Waals surface area contributed by atoms with Crippen LogP contribution in [-0.4, -0.2) is 18.0 Å². The molecule has 7 nitrogen and oxygen atoms in total. The normalized spacial score (nSPS) is 11.5. The summed E-state index contributed by atoms with van der Waals surface area (Å²) in [6, 6.07) is 18.9. The van der Waals surface area contributed by atoms with Crippen LogP contribution in [0.2, 0.25) is 5.15 Å². The summed E-state index contributed by atoms with van der Waals surface area (Å²) in [7, 11) is -4.49. The molecule has 10 heteroatoms. The minimum Gasteiger partial charge on any atom is -1.00 e. The average Bonchev–Trinajstić information content (AvgIpc) is 2.74. The number of hydrogen-bond acceptors (Lipinski definition) is 6. The second-order valence-corrected chi connectivity index (χ2v) is 8.17. The minimum atomic E-state index is -4.49. The molecular formula is C21H16ClN4NaO3S. The molecule has 0 unspecified atom stereocenters. The first-order valence-corrected chi connectivity index (χ1v) is 10.6. The van der Waals surface area contributed by atoms with Crippen LogP contribution in [0.15, 0.2) is 88.1 Å². The molecular weight excluding hydrogens is 447 g/mol. The van der Waals surface area contributed by atoms with Gasteiger partial charge in [0.2, 0.25) is 0 Å². The Bertz CT molecular complexity index is 1400. The maximum atomic E-state index is 11.8. The molecule has 0 saturated heterocycles. The molecule has 0 aliphatic heterocycles. The van der Waals surface area contributed by atoms with Crippen LogP contribution in [0.3, 0.4) is 0 Å². The summed E-state index contributed by atoms with van der Waals surface area (Å²) in [5.41, 5.74) is 8.47. The zero-order valence-electron chi connectivity index (χ0n) is 17.4. The third kappa shape index (κ3) is 4.95. The molecule has 152 valence electrons. The first-order chi connectivity index (χ1) is 14.3. The molecule has 0 saturated carbocycles. The van der Waals surface area contributed by atoms with Crippen molar-refractivity contribution >= 4 is 49.6 Å². The van der Waals surface area contributed by atoms with Gasteiger partial charge in [0, 0.05) is 16.3 Å². The van der Waals surface area contributed by atoms with Crippen molar-refractivity contribution in [3.05, 3.63) is 78.1 Å². The Balaban J connectivity index is 0.00000181. The van der Waals surface area contributed by atoms with Gasteiger partial charge in [-0.2, -0.15) is 8.42 Å². The number of fused-ring (bicyclic) bond motifs is 1. The molecule has 3 aromatic carbocycles. The Morgan fingerprint density at radius 3 is 2.29 bits per heavy atom. The van der Waals surface area contributed by atoms with E-state index in [4.69, 9.17) is 17.3 Å². The Hall–Kier alpha value is -2.33. The van der Waals surface area contributed by atoms with Crippen LogP contribution in [0.1, 0.15) is 1.43 Å². The predicted molar refractivity (Wildman–Crippen MR) is 118 cm³/mol. The molecule has 0 atom stereocenters. The van der Waals surface area contributed by atoms with Crippen molar-refractivity contribution in [2.24, 2.45) is 10.2 Å². The van der Waals surface area contributed by atoms with Crippen LogP contribution in [0.25, 0.3) is 21.9 Å². The fourth-order valence-electron chi connectivity index (χ4n) is 3.07. The van der Waals surface area contributed by atoms with E-state index in [2.05, 4.69) is 15.2 Å². The molecule has 0 spiro atoms. The van der Waals surface area contributed by atoms with Crippen LogP contribution in [-0.2, 0) is 10.1 Å². The van der Waals surface area contributed by atoms with E-state index in [1.54, 1.807) is 30.3 Å². The Kier molecular flexibility index (Phi) is 7.10. The van der Waals surface area contributed by atoms with Crippen LogP contribution in [0.4, 0.5) is 17.1 Å². The number of nitrogens with two attached hydrogens (primary N) is 1. The van der Waals surface area contributed by atoms with E-state index >= 15 is 0 Å². The second kappa shape index (κ2) is 9.44. The standard InChI is InChI=1S/C21H15ClN4O3S.Na.H/c22-21-17(13-6-2-1-3-7-13)10-14(12-24-21)25-26-18-11-19(30(27,28)29)15-8-4-5-9-16(15)20(18)23;;/h1-12H,23H2,(H,27,28,29);;/q;+1;-1. The number of nitrogen functional groups attached to an aromatic ring is 1. The van der Waals surface area contributed by atoms with Crippen molar-refractivity contribution in [3.63, 3.8) is 0 Å². The van der Waals surface area contributed by atoms with E-state index in [1.165, 1.54) is 12.3 Å². The van der Waals surface area contributed by atoms with Crippen molar-refractivity contribution < 1.29 is 44.0 Å². The van der Waals surface area contributed by atoms with Crippen LogP contribution < -0.4 is 35.3 Å². The Labute approximate surface area is 207 Å². The van der Waals surface area contributed by atoms with Gasteiger partial charge in [-0.05, 0) is 17.7 Å². The summed E-state index contributed by atoms with van der Waals surface area (Å²) in [6.07, 6.45) is 1.44. The van der Waals surface area contributed by atoms with Gasteiger partial charge in [-0.1, -0.05) is 66.2 Å². The number of rotatable bonds is 4. The molecule has 0 radical (unpaired) electrons. The van der Waals surface area contributed by atoms with Gasteiger partial charge in [0.15, 0.2) is 0 Å². The number of halogens is 1. The number of hydrogen-bond donors (Lipinski definition) is 2. The molecule has 0 aliphatic carbocycles. The number of aromatic nitrogens is 1. The minimum absolute atomic E-state index is 0. The van der Waals surface area contributed by atoms with Crippen molar-refractivity contribution in [2.45, 2.75) is 4.90 Å². The fraction of sp³-hybridized carbons (Fsp3) is 0. The molecule has 1 heterocycles. The Morgan fingerprint density at radius 2 is 1.61 bits per heavy atom. The zero-order chi connectivity index (χ0) is 21.3. The van der Waals surface area contributed by atoms with E-state index in [0.717, 1.165) is 5.56 Å². The monoisotopic (exact) mass is 462 g/mol. The third-order valence-corrected chi connectivity index (χ3v) is 5.68. The summed E-state index contributed by atoms with van der Waals surface area (Å²) in [6.45, 7) is 0. The molecule has 4 aromatic rings. The molecule has 31 heavy (non-hydrogen) atoms. The average molecular weight is 463 g/mol. The van der Waals surface area contributed by atoms with Gasteiger partial charge in [-0.15, -0.1) is 10.2 Å². The number of azo groups is 1. The summed E-state index contributed by atoms with van der Waals surface area (Å²) < 4.78 is 33.3. The topological polar surface area (TPSA) is 118 Å². The summed E-state index contributed by atoms with van der Waals surface area (Å²) >= 11 is 6.21. The molecule has 0 amide bonds. The zero-order valence-corrected chi connectivity index (χ0v) is 20.0. The van der Waals surface area contributed by atoms with E-state index in [9.17, 15) is 13.0 Å². The van der Waals surface area contributed by atoms with Gasteiger partial charge < -0.3 is 7.16 Å². The van der Waals surface area contributed by atoms with Gasteiger partial charge in [0.05, 0.1) is 11.9 Å². The molecule has 3 N–H and O–H groups in total. The largest absolute Gasteiger partial charge is 1.00 e. The van der Waals surface area contributed by atoms with Gasteiger partial charge in [0.25, 0.3) is 10.1 Å². The molecule has 0 fully saturated rings. The number of pyridine rings is 1. The first kappa shape index (κ1) is 23.3. The summed E-state index contributed by atoms with van der Waals surface area (Å²) in [5.74, 6) is 0. The van der Waals surface area contributed by atoms with Gasteiger partial charge >= 0.3 is 29.6 Å². The fourth-order valence-corrected chi connectivity index (χ4v) is 4.00. The van der Waals surface area contributed by atoms with Crippen molar-refractivity contribution in [1.82, 2.24) is 4.98 Å². The SMILES string of the molecule is Nc1c(N=Nc2cnc(Cl)c(-c3ccccc3)c2)cc(S(=O)(=O)O)c2ccccc12.[H-].[Na+]. The maximum Gasteiger partial charge on any atom is 1.00 e. The molecule has 0 aliphatic rings. The number of benzene rings is 3. The van der Waals surface area contributed by atoms with Crippen molar-refractivity contribution in [2.75, 3.05) is 5.73 Å². The smallest absolute Gasteiger partial charge is 1.00 e. The van der Waals surface area contributed by atoms with Crippen molar-refractivity contribution in [1.29, 1.82) is 0 Å². The molecule has 1 aromatic heterocycles. The number of anilines is 1. The maximum absolute atomic E-state index is 11.8. The van der Waals surface area contributed by atoms with Gasteiger partial charge in [-0.3, -0.25) is 4.55 Å². The van der Waals surface area contributed by atoms with Gasteiger partial charge in [0.1, 0.15) is 21.4 Å². The number of nitrogens with zero attached hydrogens (tertiary/aromatic N) is 3. The third-order valence-electron chi connectivity index (χ3n) is 4.49. The predicted octanol–water partition coefficient (Wildman–Crippen LogP) is 2.92. The van der Waals surface area contributed by atoms with E-state index in [0.29, 0.717) is 27.2 Å². The van der Waals surface area contributed by atoms with Crippen LogP contribution in [0.5, 0.6) is 0 Å². The molecule has 0 bridgehead atoms. The van der Waals surface area contributed by atoms with Gasteiger partial charge in [-0.25, -0.2) is 4.98 Å². The van der Waals surface area contributed by atoms with Crippen molar-refractivity contribution in [3.8, 4) is 11.1 Å². The van der Waals surface area contributed by atoms with E-state index in [1.807, 2.05) is 30.3 Å². The van der Waals surface area contributed by atoms with Crippen LogP contribution >= 0.6 is 11.6 Å². The first-order valence-electron chi connectivity index (χ1n) is 8.76. The van der Waals surface area contributed by atoms with E-state index < -0.39 is 10.1 Å². The molecule has 4 rings (SSSR count). The summed E-state index contributed by atoms with van der Waals surface area (Å²) in [5, 5.41) is 9.31. The van der Waals surface area contributed by atoms with E-state index in [-0.39, 0.29) is 47.3 Å². The van der Waals surface area contributed by atoms with Crippen LogP contribution in [0, 0.1) is 0 Å². The Morgan fingerprint density at radius 1 is 0.968 bits per heavy atom. The quantitative estimate of drug-likeness (QED) is 0.159. The summed E-state index contributed by atoms with van der Waals surface area (Å²) in [4.78, 5) is 3.85. The second-order valence-electron chi connectivity index (χ2n) is 6.43.